The van der Waals surface area contributed by atoms with E-state index in [1.165, 1.54) is 0 Å². The maximum atomic E-state index is 5.43. The number of hydrogen-bond donors (Lipinski definition) is 2. The Morgan fingerprint density at radius 1 is 1.56 bits per heavy atom. The number of hydrogen-bond acceptors (Lipinski definition) is 3. The molecule has 0 aromatic carbocycles. The van der Waals surface area contributed by atoms with Gasteiger partial charge in [-0.2, -0.15) is 0 Å². The van der Waals surface area contributed by atoms with Crippen molar-refractivity contribution in [2.24, 2.45) is 10.8 Å². The molecule has 0 bridgehead atoms. The van der Waals surface area contributed by atoms with Crippen molar-refractivity contribution in [1.82, 2.24) is 15.3 Å². The molecule has 5 heteroatoms. The van der Waals surface area contributed by atoms with Gasteiger partial charge in [-0.3, -0.25) is 10.4 Å². The molecule has 0 fully saturated rings. The molecule has 1 rings (SSSR count). The summed E-state index contributed by atoms with van der Waals surface area (Å²) in [7, 11) is 1.93. The molecule has 16 heavy (non-hydrogen) atoms. The average Bonchev–Trinajstić information content (AvgIpc) is 2.26. The molecule has 0 saturated carbocycles. The van der Waals surface area contributed by atoms with Gasteiger partial charge in [0.15, 0.2) is 0 Å². The second kappa shape index (κ2) is 6.07. The average molecular weight is 221 g/mol. The van der Waals surface area contributed by atoms with Gasteiger partial charge in [0.2, 0.25) is 5.96 Å². The van der Waals surface area contributed by atoms with Gasteiger partial charge in [-0.15, -0.1) is 0 Å². The maximum Gasteiger partial charge on any atom is 0.208 e. The Balaban J connectivity index is 2.67. The molecule has 0 aliphatic carbocycles. The quantitative estimate of drug-likeness (QED) is 0.342. The third-order valence-electron chi connectivity index (χ3n) is 2.00. The van der Waals surface area contributed by atoms with Crippen LogP contribution >= 0.6 is 0 Å². The minimum Gasteiger partial charge on any atom is -0.339 e. The molecule has 0 radical (unpaired) electrons. The number of nitrogens with one attached hydrogen (secondary N) is 1. The van der Waals surface area contributed by atoms with E-state index in [2.05, 4.69) is 15.4 Å². The number of aliphatic imine (C=N–C) groups is 1. The largest absolute Gasteiger partial charge is 0.339 e. The summed E-state index contributed by atoms with van der Waals surface area (Å²) in [6, 6.07) is 6.04. The number of nitrogens with zero attached hydrogens (tertiary/aromatic N) is 3. The van der Waals surface area contributed by atoms with Gasteiger partial charge in [-0.25, -0.2) is 10.8 Å². The van der Waals surface area contributed by atoms with Crippen molar-refractivity contribution in [2.45, 2.75) is 26.4 Å². The molecule has 88 valence electrons. The van der Waals surface area contributed by atoms with Crippen LogP contribution in [0.15, 0.2) is 29.4 Å². The summed E-state index contributed by atoms with van der Waals surface area (Å²) in [6.07, 6.45) is 1.78. The summed E-state index contributed by atoms with van der Waals surface area (Å²) in [5.41, 5.74) is 3.58. The molecule has 1 aromatic heterocycles. The van der Waals surface area contributed by atoms with Crippen molar-refractivity contribution >= 4 is 5.96 Å². The van der Waals surface area contributed by atoms with E-state index < -0.39 is 0 Å². The van der Waals surface area contributed by atoms with Crippen molar-refractivity contribution in [3.8, 4) is 0 Å². The standard InChI is InChI=1S/C11H19N5/c1-9(2)14-11(15-12)16(3)8-10-6-4-5-7-13-10/h4-7,9H,8,12H2,1-3H3,(H,14,15). The van der Waals surface area contributed by atoms with Gasteiger partial charge in [0, 0.05) is 19.3 Å². The Morgan fingerprint density at radius 2 is 2.31 bits per heavy atom. The molecule has 0 spiro atoms. The predicted molar refractivity (Wildman–Crippen MR) is 65.6 cm³/mol. The molecule has 0 atom stereocenters. The van der Waals surface area contributed by atoms with E-state index in [1.807, 2.05) is 44.0 Å². The van der Waals surface area contributed by atoms with Crippen LogP contribution in [0.5, 0.6) is 0 Å². The fourth-order valence-electron chi connectivity index (χ4n) is 1.30. The first kappa shape index (κ1) is 12.4. The zero-order valence-corrected chi connectivity index (χ0v) is 10.0. The maximum absolute atomic E-state index is 5.43. The first-order valence-corrected chi connectivity index (χ1v) is 5.29. The zero-order chi connectivity index (χ0) is 12.0. The van der Waals surface area contributed by atoms with Crippen molar-refractivity contribution < 1.29 is 0 Å². The van der Waals surface area contributed by atoms with Crippen LogP contribution in [0.2, 0.25) is 0 Å². The van der Waals surface area contributed by atoms with Crippen LogP contribution in [0.25, 0.3) is 0 Å². The van der Waals surface area contributed by atoms with Gasteiger partial charge in [0.1, 0.15) is 0 Å². The summed E-state index contributed by atoms with van der Waals surface area (Å²) in [4.78, 5) is 10.6. The molecule has 0 amide bonds. The monoisotopic (exact) mass is 221 g/mol. The molecule has 1 heterocycles. The van der Waals surface area contributed by atoms with Crippen molar-refractivity contribution in [3.63, 3.8) is 0 Å². The van der Waals surface area contributed by atoms with Gasteiger partial charge in [0.25, 0.3) is 0 Å². The molecule has 1 aromatic rings. The first-order valence-electron chi connectivity index (χ1n) is 5.29. The number of guanidine groups is 1. The van der Waals surface area contributed by atoms with Crippen molar-refractivity contribution in [3.05, 3.63) is 30.1 Å². The lowest BCUT2D eigenvalue weighted by Gasteiger charge is -2.20. The highest BCUT2D eigenvalue weighted by atomic mass is 15.4. The number of hydrazine groups is 1. The van der Waals surface area contributed by atoms with Crippen molar-refractivity contribution in [1.29, 1.82) is 0 Å². The molecular weight excluding hydrogens is 202 g/mol. The van der Waals surface area contributed by atoms with Crippen LogP contribution in [-0.2, 0) is 6.54 Å². The summed E-state index contributed by atoms with van der Waals surface area (Å²) >= 11 is 0. The van der Waals surface area contributed by atoms with E-state index in [9.17, 15) is 0 Å². The second-order valence-corrected chi connectivity index (χ2v) is 3.87. The Labute approximate surface area is 96.4 Å². The fourth-order valence-corrected chi connectivity index (χ4v) is 1.30. The molecule has 3 N–H and O–H groups in total. The summed E-state index contributed by atoms with van der Waals surface area (Å²) in [5, 5.41) is 0. The lowest BCUT2D eigenvalue weighted by atomic mass is 10.3. The van der Waals surface area contributed by atoms with Gasteiger partial charge in [0.05, 0.1) is 12.2 Å². The second-order valence-electron chi connectivity index (χ2n) is 3.87. The minimum atomic E-state index is 0.206. The van der Waals surface area contributed by atoms with Crippen LogP contribution in [0.4, 0.5) is 0 Å². The number of pyridine rings is 1. The molecule has 0 saturated heterocycles. The van der Waals surface area contributed by atoms with E-state index in [0.29, 0.717) is 12.5 Å². The van der Waals surface area contributed by atoms with E-state index >= 15 is 0 Å². The van der Waals surface area contributed by atoms with Gasteiger partial charge >= 0.3 is 0 Å². The molecule has 0 unspecified atom stereocenters. The molecule has 0 aliphatic rings. The number of nitrogens with two attached hydrogens (primary N) is 1. The summed E-state index contributed by atoms with van der Waals surface area (Å²) < 4.78 is 0. The highest BCUT2D eigenvalue weighted by molar-refractivity contribution is 5.79. The lowest BCUT2D eigenvalue weighted by molar-refractivity contribution is 0.467. The Morgan fingerprint density at radius 3 is 2.81 bits per heavy atom. The van der Waals surface area contributed by atoms with Crippen LogP contribution < -0.4 is 11.3 Å². The van der Waals surface area contributed by atoms with E-state index in [-0.39, 0.29) is 6.04 Å². The summed E-state index contributed by atoms with van der Waals surface area (Å²) in [6.45, 7) is 4.69. The third kappa shape index (κ3) is 3.86. The molecular formula is C11H19N5. The fraction of sp³-hybridized carbons (Fsp3) is 0.455. The molecule has 5 nitrogen and oxygen atoms in total. The van der Waals surface area contributed by atoms with E-state index in [1.54, 1.807) is 6.20 Å². The Bertz CT molecular complexity index is 333. The Kier molecular flexibility index (Phi) is 4.72. The topological polar surface area (TPSA) is 66.5 Å². The SMILES string of the molecule is CC(C)N=C(NN)N(C)Cc1ccccn1. The van der Waals surface area contributed by atoms with Crippen LogP contribution in [0.1, 0.15) is 19.5 Å². The number of aromatic nitrogens is 1. The van der Waals surface area contributed by atoms with E-state index in [4.69, 9.17) is 5.84 Å². The van der Waals surface area contributed by atoms with Crippen LogP contribution in [0.3, 0.4) is 0 Å². The smallest absolute Gasteiger partial charge is 0.208 e. The summed E-state index contributed by atoms with van der Waals surface area (Å²) in [5.74, 6) is 6.10. The Hall–Kier alpha value is -1.62. The minimum absolute atomic E-state index is 0.206. The zero-order valence-electron chi connectivity index (χ0n) is 10.0. The third-order valence-corrected chi connectivity index (χ3v) is 2.00. The van der Waals surface area contributed by atoms with E-state index in [0.717, 1.165) is 5.69 Å². The van der Waals surface area contributed by atoms with Gasteiger partial charge < -0.3 is 4.90 Å². The van der Waals surface area contributed by atoms with Gasteiger partial charge in [-0.05, 0) is 26.0 Å². The normalized spacial score (nSPS) is 11.7. The first-order chi connectivity index (χ1) is 7.63. The highest BCUT2D eigenvalue weighted by Gasteiger charge is 2.06. The predicted octanol–water partition coefficient (Wildman–Crippen LogP) is 0.741. The van der Waals surface area contributed by atoms with Crippen LogP contribution in [-0.4, -0.2) is 28.9 Å². The highest BCUT2D eigenvalue weighted by Crippen LogP contribution is 1.99. The molecule has 0 aliphatic heterocycles. The number of rotatable bonds is 3. The van der Waals surface area contributed by atoms with Crippen molar-refractivity contribution in [2.75, 3.05) is 7.05 Å². The van der Waals surface area contributed by atoms with Gasteiger partial charge in [-0.1, -0.05) is 6.07 Å². The lowest BCUT2D eigenvalue weighted by Crippen LogP contribution is -2.43. The van der Waals surface area contributed by atoms with Crippen LogP contribution in [0, 0.1) is 0 Å².